The molecular formula is C28H35NO3. The molecule has 0 bridgehead atoms. The van der Waals surface area contributed by atoms with E-state index in [1.807, 2.05) is 35.2 Å². The zero-order valence-electron chi connectivity index (χ0n) is 19.5. The highest BCUT2D eigenvalue weighted by molar-refractivity contribution is 5.92. The molecule has 1 saturated carbocycles. The van der Waals surface area contributed by atoms with Gasteiger partial charge in [0, 0.05) is 24.1 Å². The van der Waals surface area contributed by atoms with E-state index in [1.54, 1.807) is 13.2 Å². The summed E-state index contributed by atoms with van der Waals surface area (Å²) >= 11 is 0. The van der Waals surface area contributed by atoms with Crippen LogP contribution in [0.1, 0.15) is 74.6 Å². The molecule has 1 aliphatic heterocycles. The van der Waals surface area contributed by atoms with E-state index in [0.717, 1.165) is 42.6 Å². The zero-order valence-corrected chi connectivity index (χ0v) is 19.5. The lowest BCUT2D eigenvalue weighted by Crippen LogP contribution is -2.56. The number of rotatable bonds is 5. The number of carbonyl (C=O) groups is 1. The summed E-state index contributed by atoms with van der Waals surface area (Å²) in [6.45, 7) is 4.90. The second-order valence-electron chi connectivity index (χ2n) is 9.58. The Kier molecular flexibility index (Phi) is 6.71. The average molecular weight is 434 g/mol. The number of fused-ring (bicyclic) bond motifs is 1. The van der Waals surface area contributed by atoms with Gasteiger partial charge in [0.15, 0.2) is 0 Å². The summed E-state index contributed by atoms with van der Waals surface area (Å²) in [6.07, 6.45) is 8.07. The summed E-state index contributed by atoms with van der Waals surface area (Å²) in [5, 5.41) is 11.5. The zero-order chi connectivity index (χ0) is 22.7. The number of nitrogens with zero attached hydrogens (tertiary/aromatic N) is 1. The second kappa shape index (κ2) is 9.50. The van der Waals surface area contributed by atoms with Gasteiger partial charge in [0.2, 0.25) is 5.91 Å². The van der Waals surface area contributed by atoms with Gasteiger partial charge < -0.3 is 14.7 Å². The van der Waals surface area contributed by atoms with Crippen molar-refractivity contribution in [3.63, 3.8) is 0 Å². The molecular weight excluding hydrogens is 398 g/mol. The second-order valence-corrected chi connectivity index (χ2v) is 9.58. The third kappa shape index (κ3) is 4.47. The Hall–Kier alpha value is -2.59. The molecule has 4 nitrogen and oxygen atoms in total. The fourth-order valence-electron chi connectivity index (χ4n) is 5.48. The lowest BCUT2D eigenvalue weighted by atomic mass is 9.66. The molecule has 1 aliphatic carbocycles. The first-order valence-corrected chi connectivity index (χ1v) is 11.9. The Morgan fingerprint density at radius 2 is 1.88 bits per heavy atom. The Labute approximate surface area is 191 Å². The monoisotopic (exact) mass is 433 g/mol. The van der Waals surface area contributed by atoms with E-state index in [2.05, 4.69) is 38.1 Å². The quantitative estimate of drug-likeness (QED) is 0.613. The third-order valence-corrected chi connectivity index (χ3v) is 7.33. The van der Waals surface area contributed by atoms with E-state index in [-0.39, 0.29) is 17.9 Å². The number of piperidine rings is 1. The van der Waals surface area contributed by atoms with Crippen molar-refractivity contribution in [2.75, 3.05) is 13.7 Å². The van der Waals surface area contributed by atoms with Crippen molar-refractivity contribution in [2.24, 2.45) is 5.92 Å². The maximum atomic E-state index is 13.4. The molecule has 3 atom stereocenters. The first-order valence-electron chi connectivity index (χ1n) is 11.9. The van der Waals surface area contributed by atoms with Crippen LogP contribution in [0.25, 0.3) is 6.08 Å². The molecule has 0 spiro atoms. The van der Waals surface area contributed by atoms with Crippen molar-refractivity contribution in [1.29, 1.82) is 0 Å². The highest BCUT2D eigenvalue weighted by Crippen LogP contribution is 2.50. The number of hydrogen-bond donors (Lipinski definition) is 1. The van der Waals surface area contributed by atoms with Crippen molar-refractivity contribution >= 4 is 12.0 Å². The first kappa shape index (κ1) is 22.6. The van der Waals surface area contributed by atoms with E-state index in [9.17, 15) is 9.90 Å². The maximum Gasteiger partial charge on any atom is 0.247 e. The van der Waals surface area contributed by atoms with Gasteiger partial charge >= 0.3 is 0 Å². The minimum absolute atomic E-state index is 0.0125. The van der Waals surface area contributed by atoms with Crippen LogP contribution in [0.15, 0.2) is 54.6 Å². The van der Waals surface area contributed by atoms with Gasteiger partial charge in [-0.3, -0.25) is 4.79 Å². The molecule has 170 valence electrons. The summed E-state index contributed by atoms with van der Waals surface area (Å²) in [4.78, 5) is 15.4. The number of methoxy groups -OCH3 is 1. The minimum Gasteiger partial charge on any atom is -0.496 e. The molecule has 0 unspecified atom stereocenters. The van der Waals surface area contributed by atoms with Crippen LogP contribution in [-0.4, -0.2) is 35.2 Å². The van der Waals surface area contributed by atoms with Gasteiger partial charge in [-0.05, 0) is 48.4 Å². The van der Waals surface area contributed by atoms with Gasteiger partial charge in [0.25, 0.3) is 0 Å². The standard InChI is InChI=1S/C28H35NO3/c1-20(2)22-14-11-21(12-15-22)13-16-26(30)29-19-18-28(31)17-7-6-9-24(28)27(29)23-8-4-5-10-25(23)32-3/h4-5,8,10-16,20,24,27,31H,6-7,9,17-19H2,1-3H3/b16-13+/t24-,27-,28-/m1/s1. The van der Waals surface area contributed by atoms with Crippen molar-refractivity contribution in [2.45, 2.75) is 63.5 Å². The summed E-state index contributed by atoms with van der Waals surface area (Å²) in [5.74, 6) is 1.27. The molecule has 2 aromatic rings. The molecule has 0 radical (unpaired) electrons. The van der Waals surface area contributed by atoms with Gasteiger partial charge in [0.1, 0.15) is 5.75 Å². The molecule has 4 heteroatoms. The number of benzene rings is 2. The Bertz CT molecular complexity index is 965. The molecule has 2 aliphatic rings. The van der Waals surface area contributed by atoms with Crippen molar-refractivity contribution < 1.29 is 14.6 Å². The Balaban J connectivity index is 1.64. The van der Waals surface area contributed by atoms with E-state index < -0.39 is 5.60 Å². The van der Waals surface area contributed by atoms with Gasteiger partial charge in [-0.2, -0.15) is 0 Å². The van der Waals surface area contributed by atoms with Crippen LogP contribution in [0.2, 0.25) is 0 Å². The van der Waals surface area contributed by atoms with Gasteiger partial charge in [-0.1, -0.05) is 69.2 Å². The largest absolute Gasteiger partial charge is 0.496 e. The van der Waals surface area contributed by atoms with Crippen molar-refractivity contribution in [3.05, 3.63) is 71.3 Å². The average Bonchev–Trinajstić information content (AvgIpc) is 2.81. The van der Waals surface area contributed by atoms with Crippen molar-refractivity contribution in [1.82, 2.24) is 4.90 Å². The van der Waals surface area contributed by atoms with Crippen LogP contribution in [0.5, 0.6) is 5.75 Å². The summed E-state index contributed by atoms with van der Waals surface area (Å²) in [7, 11) is 1.67. The van der Waals surface area contributed by atoms with Crippen LogP contribution in [0.4, 0.5) is 0 Å². The summed E-state index contributed by atoms with van der Waals surface area (Å²) in [5.41, 5.74) is 2.58. The maximum absolute atomic E-state index is 13.4. The highest BCUT2D eigenvalue weighted by Gasteiger charge is 2.50. The number of amides is 1. The van der Waals surface area contributed by atoms with Gasteiger partial charge in [-0.25, -0.2) is 0 Å². The molecule has 1 N–H and O–H groups in total. The molecule has 1 amide bonds. The van der Waals surface area contributed by atoms with Crippen LogP contribution < -0.4 is 4.74 Å². The topological polar surface area (TPSA) is 49.8 Å². The van der Waals surface area contributed by atoms with Crippen LogP contribution >= 0.6 is 0 Å². The smallest absolute Gasteiger partial charge is 0.247 e. The Morgan fingerprint density at radius 3 is 2.59 bits per heavy atom. The van der Waals surface area contributed by atoms with E-state index in [0.29, 0.717) is 18.9 Å². The predicted octanol–water partition coefficient (Wildman–Crippen LogP) is 5.73. The lowest BCUT2D eigenvalue weighted by molar-refractivity contribution is -0.151. The molecule has 32 heavy (non-hydrogen) atoms. The molecule has 2 aromatic carbocycles. The van der Waals surface area contributed by atoms with Crippen molar-refractivity contribution in [3.8, 4) is 5.75 Å². The third-order valence-electron chi connectivity index (χ3n) is 7.33. The normalized spacial score (nSPS) is 25.7. The number of aliphatic hydroxyl groups is 1. The summed E-state index contributed by atoms with van der Waals surface area (Å²) < 4.78 is 5.66. The van der Waals surface area contributed by atoms with Crippen LogP contribution in [0.3, 0.4) is 0 Å². The van der Waals surface area contributed by atoms with Crippen LogP contribution in [-0.2, 0) is 4.79 Å². The molecule has 1 saturated heterocycles. The minimum atomic E-state index is -0.711. The van der Waals surface area contributed by atoms with Gasteiger partial charge in [-0.15, -0.1) is 0 Å². The lowest BCUT2D eigenvalue weighted by Gasteiger charge is -2.52. The van der Waals surface area contributed by atoms with E-state index >= 15 is 0 Å². The first-order chi connectivity index (χ1) is 15.4. The van der Waals surface area contributed by atoms with Gasteiger partial charge in [0.05, 0.1) is 18.8 Å². The number of para-hydroxylation sites is 1. The Morgan fingerprint density at radius 1 is 1.12 bits per heavy atom. The molecule has 0 aromatic heterocycles. The number of hydrogen-bond acceptors (Lipinski definition) is 3. The predicted molar refractivity (Wildman–Crippen MR) is 129 cm³/mol. The molecule has 2 fully saturated rings. The highest BCUT2D eigenvalue weighted by atomic mass is 16.5. The van der Waals surface area contributed by atoms with E-state index in [1.165, 1.54) is 5.56 Å². The SMILES string of the molecule is COc1ccccc1[C@@H]1[C@H]2CCCC[C@@]2(O)CCN1C(=O)/C=C/c1ccc(C(C)C)cc1. The fourth-order valence-corrected chi connectivity index (χ4v) is 5.48. The van der Waals surface area contributed by atoms with E-state index in [4.69, 9.17) is 4.74 Å². The summed E-state index contributed by atoms with van der Waals surface area (Å²) in [6, 6.07) is 16.1. The fraction of sp³-hybridized carbons (Fsp3) is 0.464. The van der Waals surface area contributed by atoms with Crippen LogP contribution in [0, 0.1) is 5.92 Å². The number of likely N-dealkylation sites (tertiary alicyclic amines) is 1. The number of carbonyl (C=O) groups excluding carboxylic acids is 1. The molecule has 4 rings (SSSR count). The molecule has 1 heterocycles. The number of ether oxygens (including phenoxy) is 1.